The van der Waals surface area contributed by atoms with Crippen molar-refractivity contribution in [3.63, 3.8) is 0 Å². The van der Waals surface area contributed by atoms with Crippen molar-refractivity contribution in [2.24, 2.45) is 14.1 Å². The van der Waals surface area contributed by atoms with Crippen molar-refractivity contribution >= 4 is 66.7 Å². The summed E-state index contributed by atoms with van der Waals surface area (Å²) in [4.78, 5) is 4.74. The lowest BCUT2D eigenvalue weighted by Crippen LogP contribution is -2.14. The van der Waals surface area contributed by atoms with Gasteiger partial charge in [-0.2, -0.15) is 0 Å². The van der Waals surface area contributed by atoms with Gasteiger partial charge in [-0.25, -0.2) is 0 Å². The van der Waals surface area contributed by atoms with Crippen molar-refractivity contribution in [2.45, 2.75) is 0 Å². The number of benzene rings is 6. The van der Waals surface area contributed by atoms with Crippen LogP contribution < -0.4 is 9.80 Å². The van der Waals surface area contributed by atoms with Gasteiger partial charge >= 0.3 is 0 Å². The smallest absolute Gasteiger partial charge is 0.117 e. The van der Waals surface area contributed by atoms with Gasteiger partial charge < -0.3 is 9.13 Å². The SMILES string of the molecule is Cn1cccc1N(c1ccccc1)c1ccc2ccc3ccc(N(c4ccccc4)c4cccn4C)c4ccc1c2c34. The van der Waals surface area contributed by atoms with Crippen LogP contribution in [0, 0.1) is 0 Å². The highest BCUT2D eigenvalue weighted by molar-refractivity contribution is 6.28. The second-order valence-electron chi connectivity index (χ2n) is 10.9. The monoisotopic (exact) mass is 542 g/mol. The Bertz CT molecular complexity index is 2020. The predicted octanol–water partition coefficient (Wildman–Crippen LogP) is 10.2. The van der Waals surface area contributed by atoms with Crippen LogP contribution in [-0.2, 0) is 14.1 Å². The van der Waals surface area contributed by atoms with Crippen molar-refractivity contribution in [2.75, 3.05) is 9.80 Å². The quantitative estimate of drug-likeness (QED) is 0.194. The molecule has 2 heterocycles. The fourth-order valence-electron chi connectivity index (χ4n) is 6.47. The third kappa shape index (κ3) is 3.69. The van der Waals surface area contributed by atoms with Crippen LogP contribution in [0.3, 0.4) is 0 Å². The van der Waals surface area contributed by atoms with E-state index in [1.807, 2.05) is 0 Å². The Hall–Kier alpha value is -5.48. The van der Waals surface area contributed by atoms with E-state index < -0.39 is 0 Å². The van der Waals surface area contributed by atoms with E-state index in [0.29, 0.717) is 0 Å². The topological polar surface area (TPSA) is 16.3 Å². The van der Waals surface area contributed by atoms with Crippen molar-refractivity contribution in [3.05, 3.63) is 146 Å². The zero-order chi connectivity index (χ0) is 28.2. The fourth-order valence-corrected chi connectivity index (χ4v) is 6.47. The maximum Gasteiger partial charge on any atom is 0.117 e. The standard InChI is InChI=1S/C38H30N4/c1-39-25-9-15-35(39)41(29-11-5-3-6-12-29)33-23-19-27-17-18-28-20-24-34(32-22-21-31(33)37(27)38(28)32)42(30-13-7-4-8-14-30)36-16-10-26-40(36)2/h3-26H,1-2H3. The van der Waals surface area contributed by atoms with E-state index in [2.05, 4.69) is 179 Å². The molecule has 0 atom stereocenters. The first-order chi connectivity index (χ1) is 20.7. The molecule has 0 aliphatic carbocycles. The van der Waals surface area contributed by atoms with Crippen molar-refractivity contribution in [1.82, 2.24) is 9.13 Å². The van der Waals surface area contributed by atoms with Gasteiger partial charge in [0, 0.05) is 48.6 Å². The van der Waals surface area contributed by atoms with Crippen LogP contribution in [-0.4, -0.2) is 9.13 Å². The highest BCUT2D eigenvalue weighted by Crippen LogP contribution is 2.47. The minimum atomic E-state index is 1.12. The number of hydrogen-bond donors (Lipinski definition) is 0. The van der Waals surface area contributed by atoms with Gasteiger partial charge in [0.2, 0.25) is 0 Å². The molecule has 0 N–H and O–H groups in total. The molecule has 0 unspecified atom stereocenters. The summed E-state index contributed by atoms with van der Waals surface area (Å²) in [6, 6.07) is 48.1. The van der Waals surface area contributed by atoms with E-state index >= 15 is 0 Å². The Morgan fingerprint density at radius 3 is 1.19 bits per heavy atom. The molecule has 42 heavy (non-hydrogen) atoms. The summed E-state index contributed by atoms with van der Waals surface area (Å²) in [6.45, 7) is 0. The largest absolute Gasteiger partial charge is 0.337 e. The second-order valence-corrected chi connectivity index (χ2v) is 10.9. The molecule has 0 aliphatic rings. The molecule has 0 radical (unpaired) electrons. The summed E-state index contributed by atoms with van der Waals surface area (Å²) in [5, 5.41) is 7.54. The summed E-state index contributed by atoms with van der Waals surface area (Å²) >= 11 is 0. The predicted molar refractivity (Wildman–Crippen MR) is 177 cm³/mol. The molecule has 0 spiro atoms. The molecular weight excluding hydrogens is 512 g/mol. The van der Waals surface area contributed by atoms with E-state index in [0.717, 1.165) is 34.4 Å². The number of aromatic nitrogens is 2. The fraction of sp³-hybridized carbons (Fsp3) is 0.0526. The average molecular weight is 543 g/mol. The Kier molecular flexibility index (Phi) is 5.54. The first-order valence-electron chi connectivity index (χ1n) is 14.3. The maximum absolute atomic E-state index is 2.37. The van der Waals surface area contributed by atoms with Crippen LogP contribution in [0.5, 0.6) is 0 Å². The first-order valence-corrected chi connectivity index (χ1v) is 14.3. The van der Waals surface area contributed by atoms with E-state index in [4.69, 9.17) is 0 Å². The lowest BCUT2D eigenvalue weighted by molar-refractivity contribution is 0.913. The molecule has 0 bridgehead atoms. The number of nitrogens with zero attached hydrogens (tertiary/aromatic N) is 4. The molecule has 0 saturated carbocycles. The van der Waals surface area contributed by atoms with Gasteiger partial charge in [-0.1, -0.05) is 72.8 Å². The van der Waals surface area contributed by atoms with Crippen LogP contribution in [0.4, 0.5) is 34.4 Å². The maximum atomic E-state index is 2.37. The van der Waals surface area contributed by atoms with Crippen molar-refractivity contribution < 1.29 is 0 Å². The Labute approximate surface area is 245 Å². The first kappa shape index (κ1) is 24.3. The summed E-state index contributed by atoms with van der Waals surface area (Å²) in [6.07, 6.45) is 4.21. The lowest BCUT2D eigenvalue weighted by atomic mass is 9.92. The number of aryl methyl sites for hydroxylation is 2. The molecule has 0 fully saturated rings. The van der Waals surface area contributed by atoms with Gasteiger partial charge in [0.05, 0.1) is 11.4 Å². The van der Waals surface area contributed by atoms with Crippen LogP contribution in [0.25, 0.3) is 32.3 Å². The average Bonchev–Trinajstić information content (AvgIpc) is 3.66. The molecule has 0 saturated heterocycles. The molecule has 4 heteroatoms. The molecule has 2 aromatic heterocycles. The molecule has 4 nitrogen and oxygen atoms in total. The summed E-state index contributed by atoms with van der Waals surface area (Å²) in [5.74, 6) is 2.24. The second kappa shape index (κ2) is 9.57. The van der Waals surface area contributed by atoms with Gasteiger partial charge in [-0.3, -0.25) is 9.80 Å². The van der Waals surface area contributed by atoms with E-state index in [-0.39, 0.29) is 0 Å². The zero-order valence-corrected chi connectivity index (χ0v) is 23.6. The molecule has 0 aliphatic heterocycles. The number of hydrogen-bond acceptors (Lipinski definition) is 2. The Morgan fingerprint density at radius 1 is 0.405 bits per heavy atom. The lowest BCUT2D eigenvalue weighted by Gasteiger charge is -2.29. The highest BCUT2D eigenvalue weighted by Gasteiger charge is 2.22. The number of para-hydroxylation sites is 2. The van der Waals surface area contributed by atoms with Gasteiger partial charge in [-0.05, 0) is 82.2 Å². The van der Waals surface area contributed by atoms with Gasteiger partial charge in [0.1, 0.15) is 11.6 Å². The molecule has 0 amide bonds. The van der Waals surface area contributed by atoms with Crippen LogP contribution in [0.2, 0.25) is 0 Å². The van der Waals surface area contributed by atoms with Crippen LogP contribution in [0.1, 0.15) is 0 Å². The Morgan fingerprint density at radius 2 is 0.810 bits per heavy atom. The summed E-state index contributed by atoms with van der Waals surface area (Å²) in [5.41, 5.74) is 4.60. The van der Waals surface area contributed by atoms with Gasteiger partial charge in [-0.15, -0.1) is 0 Å². The summed E-state index contributed by atoms with van der Waals surface area (Å²) in [7, 11) is 4.21. The Balaban J connectivity index is 1.43. The third-order valence-corrected chi connectivity index (χ3v) is 8.42. The van der Waals surface area contributed by atoms with Gasteiger partial charge in [0.15, 0.2) is 0 Å². The minimum absolute atomic E-state index is 1.12. The summed E-state index contributed by atoms with van der Waals surface area (Å²) < 4.78 is 4.36. The molecule has 8 rings (SSSR count). The van der Waals surface area contributed by atoms with Crippen LogP contribution >= 0.6 is 0 Å². The number of rotatable bonds is 6. The molecular formula is C38H30N4. The molecule has 8 aromatic rings. The highest BCUT2D eigenvalue weighted by atomic mass is 15.2. The zero-order valence-electron chi connectivity index (χ0n) is 23.6. The van der Waals surface area contributed by atoms with Crippen molar-refractivity contribution in [1.29, 1.82) is 0 Å². The third-order valence-electron chi connectivity index (χ3n) is 8.42. The van der Waals surface area contributed by atoms with Gasteiger partial charge in [0.25, 0.3) is 0 Å². The van der Waals surface area contributed by atoms with Crippen LogP contribution in [0.15, 0.2) is 146 Å². The van der Waals surface area contributed by atoms with E-state index in [9.17, 15) is 0 Å². The van der Waals surface area contributed by atoms with E-state index in [1.54, 1.807) is 0 Å². The minimum Gasteiger partial charge on any atom is -0.337 e. The van der Waals surface area contributed by atoms with E-state index in [1.165, 1.54) is 32.3 Å². The molecule has 202 valence electrons. The number of anilines is 6. The normalized spacial score (nSPS) is 11.6. The molecule has 6 aromatic carbocycles. The van der Waals surface area contributed by atoms with Crippen molar-refractivity contribution in [3.8, 4) is 0 Å².